The zero-order valence-electron chi connectivity index (χ0n) is 9.16. The van der Waals surface area contributed by atoms with E-state index in [0.29, 0.717) is 5.92 Å². The number of nitrogens with zero attached hydrogens (tertiary/aromatic N) is 2. The van der Waals surface area contributed by atoms with Gasteiger partial charge in [0, 0.05) is 17.4 Å². The molecule has 2 fully saturated rings. The molecule has 0 spiro atoms. The molecule has 0 saturated heterocycles. The van der Waals surface area contributed by atoms with Crippen molar-refractivity contribution < 1.29 is 0 Å². The van der Waals surface area contributed by atoms with E-state index in [1.54, 1.807) is 0 Å². The fourth-order valence-electron chi connectivity index (χ4n) is 2.54. The van der Waals surface area contributed by atoms with Crippen molar-refractivity contribution in [1.29, 1.82) is 0 Å². The summed E-state index contributed by atoms with van der Waals surface area (Å²) >= 11 is 0. The Hall–Kier alpha value is -0.900. The fourth-order valence-corrected chi connectivity index (χ4v) is 2.54. The van der Waals surface area contributed by atoms with Gasteiger partial charge in [0.05, 0.1) is 0 Å². The summed E-state index contributed by atoms with van der Waals surface area (Å²) in [5.74, 6) is 2.66. The third-order valence-corrected chi connectivity index (χ3v) is 4.01. The van der Waals surface area contributed by atoms with E-state index in [-0.39, 0.29) is 11.5 Å². The van der Waals surface area contributed by atoms with Gasteiger partial charge in [0.2, 0.25) is 0 Å². The maximum absolute atomic E-state index is 6.15. The smallest absolute Gasteiger partial charge is 0.158 e. The molecule has 2 saturated carbocycles. The molecule has 2 atom stereocenters. The maximum Gasteiger partial charge on any atom is 0.158 e. The molecule has 82 valence electrons. The van der Waals surface area contributed by atoms with Crippen molar-refractivity contribution >= 4 is 0 Å². The van der Waals surface area contributed by atoms with Gasteiger partial charge in [-0.1, -0.05) is 13.3 Å². The Morgan fingerprint density at radius 3 is 2.80 bits per heavy atom. The highest BCUT2D eigenvalue weighted by atomic mass is 15.2. The lowest BCUT2D eigenvalue weighted by Gasteiger charge is -2.25. The van der Waals surface area contributed by atoms with Gasteiger partial charge in [-0.25, -0.2) is 4.98 Å². The SMILES string of the molecule is CC1(c2n[nH]c(C3CC3)n2)CCCC1N. The van der Waals surface area contributed by atoms with Crippen molar-refractivity contribution in [2.24, 2.45) is 5.73 Å². The lowest BCUT2D eigenvalue weighted by atomic mass is 9.84. The molecule has 0 aliphatic heterocycles. The highest BCUT2D eigenvalue weighted by molar-refractivity contribution is 5.16. The van der Waals surface area contributed by atoms with Crippen LogP contribution in [-0.4, -0.2) is 21.2 Å². The number of rotatable bonds is 2. The molecule has 4 heteroatoms. The molecular formula is C11H18N4. The molecule has 2 aliphatic carbocycles. The second-order valence-electron chi connectivity index (χ2n) is 5.23. The van der Waals surface area contributed by atoms with E-state index in [4.69, 9.17) is 5.73 Å². The molecule has 3 N–H and O–H groups in total. The zero-order chi connectivity index (χ0) is 10.5. The van der Waals surface area contributed by atoms with Gasteiger partial charge in [-0.3, -0.25) is 5.10 Å². The number of hydrogen-bond donors (Lipinski definition) is 2. The van der Waals surface area contributed by atoms with Gasteiger partial charge < -0.3 is 5.73 Å². The molecule has 3 rings (SSSR count). The van der Waals surface area contributed by atoms with Crippen molar-refractivity contribution in [1.82, 2.24) is 15.2 Å². The van der Waals surface area contributed by atoms with E-state index in [0.717, 1.165) is 24.5 Å². The predicted octanol–water partition coefficient (Wildman–Crippen LogP) is 1.45. The fraction of sp³-hybridized carbons (Fsp3) is 0.818. The Bertz CT molecular complexity index is 368. The maximum atomic E-state index is 6.15. The number of aromatic amines is 1. The van der Waals surface area contributed by atoms with E-state index in [1.165, 1.54) is 19.3 Å². The van der Waals surface area contributed by atoms with E-state index < -0.39 is 0 Å². The summed E-state index contributed by atoms with van der Waals surface area (Å²) < 4.78 is 0. The minimum Gasteiger partial charge on any atom is -0.327 e. The summed E-state index contributed by atoms with van der Waals surface area (Å²) in [6, 6.07) is 0.223. The average molecular weight is 206 g/mol. The van der Waals surface area contributed by atoms with Gasteiger partial charge in [0.25, 0.3) is 0 Å². The van der Waals surface area contributed by atoms with Crippen LogP contribution in [0, 0.1) is 0 Å². The molecule has 2 unspecified atom stereocenters. The first-order valence-corrected chi connectivity index (χ1v) is 5.88. The van der Waals surface area contributed by atoms with Crippen molar-refractivity contribution in [3.8, 4) is 0 Å². The second kappa shape index (κ2) is 3.04. The Balaban J connectivity index is 1.90. The van der Waals surface area contributed by atoms with Crippen LogP contribution in [-0.2, 0) is 5.41 Å². The molecule has 0 aromatic carbocycles. The Labute approximate surface area is 89.7 Å². The van der Waals surface area contributed by atoms with Gasteiger partial charge in [-0.05, 0) is 25.7 Å². The van der Waals surface area contributed by atoms with Gasteiger partial charge in [0.1, 0.15) is 5.82 Å². The van der Waals surface area contributed by atoms with Crippen LogP contribution >= 0.6 is 0 Å². The molecule has 2 aliphatic rings. The molecule has 0 radical (unpaired) electrons. The summed E-state index contributed by atoms with van der Waals surface area (Å²) in [6.07, 6.45) is 5.94. The third kappa shape index (κ3) is 1.39. The standard InChI is InChI=1S/C11H18N4/c1-11(6-2-3-8(11)12)10-13-9(14-15-10)7-4-5-7/h7-8H,2-6,12H2,1H3,(H,13,14,15). The van der Waals surface area contributed by atoms with Gasteiger partial charge in [-0.15, -0.1) is 0 Å². The molecule has 0 amide bonds. The number of nitrogens with two attached hydrogens (primary N) is 1. The van der Waals surface area contributed by atoms with Crippen LogP contribution in [0.3, 0.4) is 0 Å². The minimum absolute atomic E-state index is 0.00361. The highest BCUT2D eigenvalue weighted by Crippen LogP contribution is 2.41. The quantitative estimate of drug-likeness (QED) is 0.769. The summed E-state index contributed by atoms with van der Waals surface area (Å²) in [6.45, 7) is 2.20. The Kier molecular flexibility index (Phi) is 1.89. The minimum atomic E-state index is 0.00361. The molecule has 0 bridgehead atoms. The van der Waals surface area contributed by atoms with Crippen LogP contribution < -0.4 is 5.73 Å². The Morgan fingerprint density at radius 1 is 1.40 bits per heavy atom. The van der Waals surface area contributed by atoms with Crippen LogP contribution in [0.1, 0.15) is 56.6 Å². The lowest BCUT2D eigenvalue weighted by Crippen LogP contribution is -2.39. The van der Waals surface area contributed by atoms with Crippen molar-refractivity contribution in [3.63, 3.8) is 0 Å². The van der Waals surface area contributed by atoms with Crippen molar-refractivity contribution in [3.05, 3.63) is 11.6 Å². The monoisotopic (exact) mass is 206 g/mol. The van der Waals surface area contributed by atoms with Crippen LogP contribution in [0.5, 0.6) is 0 Å². The van der Waals surface area contributed by atoms with Crippen LogP contribution in [0.4, 0.5) is 0 Å². The zero-order valence-corrected chi connectivity index (χ0v) is 9.16. The van der Waals surface area contributed by atoms with Crippen LogP contribution in [0.2, 0.25) is 0 Å². The summed E-state index contributed by atoms with van der Waals surface area (Å²) in [4.78, 5) is 4.63. The number of nitrogens with one attached hydrogen (secondary N) is 1. The van der Waals surface area contributed by atoms with Crippen LogP contribution in [0.15, 0.2) is 0 Å². The number of aromatic nitrogens is 3. The first-order chi connectivity index (χ1) is 7.20. The normalized spacial score (nSPS) is 36.0. The van der Waals surface area contributed by atoms with Crippen molar-refractivity contribution in [2.45, 2.75) is 56.4 Å². The lowest BCUT2D eigenvalue weighted by molar-refractivity contribution is 0.405. The summed E-state index contributed by atoms with van der Waals surface area (Å²) in [5, 5.41) is 7.44. The second-order valence-corrected chi connectivity index (χ2v) is 5.23. The third-order valence-electron chi connectivity index (χ3n) is 4.01. The molecular weight excluding hydrogens is 188 g/mol. The molecule has 1 aromatic heterocycles. The first-order valence-electron chi connectivity index (χ1n) is 5.88. The number of hydrogen-bond acceptors (Lipinski definition) is 3. The Morgan fingerprint density at radius 2 is 2.20 bits per heavy atom. The number of H-pyrrole nitrogens is 1. The van der Waals surface area contributed by atoms with Gasteiger partial charge in [-0.2, -0.15) is 5.10 Å². The largest absolute Gasteiger partial charge is 0.327 e. The average Bonchev–Trinajstić information content (AvgIpc) is 2.85. The van der Waals surface area contributed by atoms with E-state index in [9.17, 15) is 0 Å². The van der Waals surface area contributed by atoms with Gasteiger partial charge in [0.15, 0.2) is 5.82 Å². The van der Waals surface area contributed by atoms with E-state index >= 15 is 0 Å². The van der Waals surface area contributed by atoms with E-state index in [1.807, 2.05) is 0 Å². The first kappa shape index (κ1) is 9.33. The highest BCUT2D eigenvalue weighted by Gasteiger charge is 2.42. The summed E-state index contributed by atoms with van der Waals surface area (Å²) in [5.41, 5.74) is 6.16. The van der Waals surface area contributed by atoms with Crippen LogP contribution in [0.25, 0.3) is 0 Å². The van der Waals surface area contributed by atoms with E-state index in [2.05, 4.69) is 22.1 Å². The molecule has 4 nitrogen and oxygen atoms in total. The topological polar surface area (TPSA) is 67.6 Å². The predicted molar refractivity (Wildman–Crippen MR) is 57.5 cm³/mol. The summed E-state index contributed by atoms with van der Waals surface area (Å²) in [7, 11) is 0. The van der Waals surface area contributed by atoms with Gasteiger partial charge >= 0.3 is 0 Å². The van der Waals surface area contributed by atoms with Crippen molar-refractivity contribution in [2.75, 3.05) is 0 Å². The molecule has 1 heterocycles. The molecule has 1 aromatic rings. The molecule has 15 heavy (non-hydrogen) atoms.